The Morgan fingerprint density at radius 3 is 2.24 bits per heavy atom. The minimum atomic E-state index is -0.380. The zero-order valence-corrected chi connectivity index (χ0v) is 17.1. The minimum Gasteiger partial charge on any atom is -0.354 e. The molecule has 0 spiro atoms. The van der Waals surface area contributed by atoms with Crippen molar-refractivity contribution in [2.45, 2.75) is 32.7 Å². The molecule has 0 saturated heterocycles. The van der Waals surface area contributed by atoms with Crippen molar-refractivity contribution in [3.8, 4) is 0 Å². The average Bonchev–Trinajstić information content (AvgIpc) is 2.69. The maximum Gasteiger partial charge on any atom is 0.319 e. The molecule has 3 N–H and O–H groups in total. The molecule has 0 aliphatic rings. The Hall–Kier alpha value is -3.35. The first-order chi connectivity index (χ1) is 13.8. The molecule has 7 heteroatoms. The van der Waals surface area contributed by atoms with Crippen molar-refractivity contribution in [3.63, 3.8) is 0 Å². The molecular formula is C22H28N4O3. The van der Waals surface area contributed by atoms with Crippen LogP contribution >= 0.6 is 0 Å². The van der Waals surface area contributed by atoms with Crippen LogP contribution in [0.2, 0.25) is 0 Å². The molecule has 0 aromatic heterocycles. The van der Waals surface area contributed by atoms with Crippen LogP contribution < -0.4 is 20.9 Å². The van der Waals surface area contributed by atoms with Gasteiger partial charge in [-0.2, -0.15) is 0 Å². The van der Waals surface area contributed by atoms with E-state index in [1.54, 1.807) is 24.1 Å². The van der Waals surface area contributed by atoms with Crippen LogP contribution in [0.4, 0.5) is 16.2 Å². The van der Waals surface area contributed by atoms with Gasteiger partial charge in [-0.05, 0) is 43.7 Å². The first-order valence-corrected chi connectivity index (χ1v) is 9.60. The normalized spacial score (nSPS) is 10.3. The van der Waals surface area contributed by atoms with E-state index in [0.717, 1.165) is 11.3 Å². The van der Waals surface area contributed by atoms with Crippen LogP contribution in [0.25, 0.3) is 0 Å². The van der Waals surface area contributed by atoms with Gasteiger partial charge in [0.05, 0.1) is 6.42 Å². The van der Waals surface area contributed by atoms with Gasteiger partial charge in [-0.15, -0.1) is 0 Å². The first kappa shape index (κ1) is 21.9. The molecule has 0 heterocycles. The van der Waals surface area contributed by atoms with Gasteiger partial charge in [0, 0.05) is 37.4 Å². The summed E-state index contributed by atoms with van der Waals surface area (Å²) in [6.45, 7) is 4.02. The summed E-state index contributed by atoms with van der Waals surface area (Å²) in [7, 11) is 1.75. The Morgan fingerprint density at radius 1 is 0.966 bits per heavy atom. The fourth-order valence-electron chi connectivity index (χ4n) is 2.65. The van der Waals surface area contributed by atoms with Gasteiger partial charge in [-0.1, -0.05) is 30.3 Å². The molecule has 2 aromatic rings. The fraction of sp³-hybridized carbons (Fsp3) is 0.318. The summed E-state index contributed by atoms with van der Waals surface area (Å²) in [5, 5.41) is 8.12. The lowest BCUT2D eigenvalue weighted by Gasteiger charge is -2.17. The van der Waals surface area contributed by atoms with E-state index in [0.29, 0.717) is 5.69 Å². The minimum absolute atomic E-state index is 0.0191. The van der Waals surface area contributed by atoms with Gasteiger partial charge in [0.25, 0.3) is 0 Å². The number of nitrogens with one attached hydrogen (secondary N) is 3. The number of carbonyl (C=O) groups excluding carboxylic acids is 3. The van der Waals surface area contributed by atoms with Crippen molar-refractivity contribution in [1.82, 2.24) is 10.6 Å². The summed E-state index contributed by atoms with van der Waals surface area (Å²) in [4.78, 5) is 37.5. The Kier molecular flexibility index (Phi) is 8.21. The quantitative estimate of drug-likeness (QED) is 0.641. The standard InChI is InChI=1S/C22H28N4O3/c1-16(2)24-20(27)13-14-23-22(29)25-18-11-9-17(10-12-18)15-21(28)26(3)19-7-5-4-6-8-19/h4-12,16H,13-15H2,1-3H3,(H,24,27)(H2,23,25,29). The second-order valence-electron chi connectivity index (χ2n) is 7.02. The third-order valence-corrected chi connectivity index (χ3v) is 4.17. The largest absolute Gasteiger partial charge is 0.354 e. The highest BCUT2D eigenvalue weighted by Gasteiger charge is 2.11. The smallest absolute Gasteiger partial charge is 0.319 e. The molecule has 0 aliphatic heterocycles. The first-order valence-electron chi connectivity index (χ1n) is 9.60. The predicted octanol–water partition coefficient (Wildman–Crippen LogP) is 2.93. The molecule has 0 fully saturated rings. The number of hydrogen-bond donors (Lipinski definition) is 3. The van der Waals surface area contributed by atoms with Crippen molar-refractivity contribution in [2.24, 2.45) is 0 Å². The highest BCUT2D eigenvalue weighted by Crippen LogP contribution is 2.15. The molecule has 0 saturated carbocycles. The van der Waals surface area contributed by atoms with Gasteiger partial charge in [-0.3, -0.25) is 9.59 Å². The van der Waals surface area contributed by atoms with Crippen molar-refractivity contribution < 1.29 is 14.4 Å². The Morgan fingerprint density at radius 2 is 1.62 bits per heavy atom. The van der Waals surface area contributed by atoms with Crippen LogP contribution in [0, 0.1) is 0 Å². The van der Waals surface area contributed by atoms with Crippen LogP contribution in [-0.2, 0) is 16.0 Å². The van der Waals surface area contributed by atoms with Crippen molar-refractivity contribution >= 4 is 29.2 Å². The predicted molar refractivity (Wildman–Crippen MR) is 115 cm³/mol. The highest BCUT2D eigenvalue weighted by molar-refractivity contribution is 5.94. The molecule has 0 unspecified atom stereocenters. The molecule has 0 aliphatic carbocycles. The van der Waals surface area contributed by atoms with E-state index >= 15 is 0 Å². The van der Waals surface area contributed by atoms with E-state index < -0.39 is 0 Å². The number of urea groups is 1. The van der Waals surface area contributed by atoms with Gasteiger partial charge in [0.15, 0.2) is 0 Å². The lowest BCUT2D eigenvalue weighted by atomic mass is 10.1. The summed E-state index contributed by atoms with van der Waals surface area (Å²) >= 11 is 0. The molecule has 0 radical (unpaired) electrons. The van der Waals surface area contributed by atoms with E-state index in [1.165, 1.54) is 0 Å². The zero-order chi connectivity index (χ0) is 21.2. The van der Waals surface area contributed by atoms with Crippen LogP contribution in [-0.4, -0.2) is 37.5 Å². The Labute approximate surface area is 171 Å². The molecule has 29 heavy (non-hydrogen) atoms. The number of benzene rings is 2. The zero-order valence-electron chi connectivity index (χ0n) is 17.1. The molecule has 154 valence electrons. The van der Waals surface area contributed by atoms with E-state index in [4.69, 9.17) is 0 Å². The SMILES string of the molecule is CC(C)NC(=O)CCNC(=O)Nc1ccc(CC(=O)N(C)c2ccccc2)cc1. The van der Waals surface area contributed by atoms with Gasteiger partial charge < -0.3 is 20.9 Å². The van der Waals surface area contributed by atoms with Crippen LogP contribution in [0.3, 0.4) is 0 Å². The van der Waals surface area contributed by atoms with Crippen LogP contribution in [0.5, 0.6) is 0 Å². The van der Waals surface area contributed by atoms with Gasteiger partial charge in [-0.25, -0.2) is 4.79 Å². The number of carbonyl (C=O) groups is 3. The number of likely N-dealkylation sites (N-methyl/N-ethyl adjacent to an activating group) is 1. The maximum absolute atomic E-state index is 12.4. The number of hydrogen-bond acceptors (Lipinski definition) is 3. The molecule has 2 aromatic carbocycles. The number of anilines is 2. The third kappa shape index (κ3) is 7.65. The van der Waals surface area contributed by atoms with Gasteiger partial charge in [0.2, 0.25) is 11.8 Å². The molecule has 0 atom stereocenters. The molecule has 0 bridgehead atoms. The van der Waals surface area contributed by atoms with E-state index in [-0.39, 0.29) is 43.3 Å². The third-order valence-electron chi connectivity index (χ3n) is 4.17. The van der Waals surface area contributed by atoms with Crippen molar-refractivity contribution in [1.29, 1.82) is 0 Å². The molecule has 7 nitrogen and oxygen atoms in total. The van der Waals surface area contributed by atoms with Gasteiger partial charge >= 0.3 is 6.03 Å². The number of para-hydroxylation sites is 1. The Bertz CT molecular complexity index is 820. The lowest BCUT2D eigenvalue weighted by Crippen LogP contribution is -2.35. The lowest BCUT2D eigenvalue weighted by molar-refractivity contribution is -0.121. The summed E-state index contributed by atoms with van der Waals surface area (Å²) in [5.74, 6) is -0.121. The molecular weight excluding hydrogens is 368 g/mol. The topological polar surface area (TPSA) is 90.5 Å². The second-order valence-corrected chi connectivity index (χ2v) is 7.02. The molecule has 4 amide bonds. The van der Waals surface area contributed by atoms with E-state index in [2.05, 4.69) is 16.0 Å². The van der Waals surface area contributed by atoms with Crippen molar-refractivity contribution in [2.75, 3.05) is 23.8 Å². The van der Waals surface area contributed by atoms with Gasteiger partial charge in [0.1, 0.15) is 0 Å². The summed E-state index contributed by atoms with van der Waals surface area (Å²) in [6.07, 6.45) is 0.490. The van der Waals surface area contributed by atoms with Crippen LogP contribution in [0.15, 0.2) is 54.6 Å². The average molecular weight is 396 g/mol. The fourth-order valence-corrected chi connectivity index (χ4v) is 2.65. The summed E-state index contributed by atoms with van der Waals surface area (Å²) in [5.41, 5.74) is 2.31. The maximum atomic E-state index is 12.4. The number of amides is 4. The summed E-state index contributed by atoms with van der Waals surface area (Å²) < 4.78 is 0. The highest BCUT2D eigenvalue weighted by atomic mass is 16.2. The van der Waals surface area contributed by atoms with Crippen molar-refractivity contribution in [3.05, 3.63) is 60.2 Å². The second kappa shape index (κ2) is 10.8. The summed E-state index contributed by atoms with van der Waals surface area (Å²) in [6, 6.07) is 16.3. The van der Waals surface area contributed by atoms with Crippen LogP contribution in [0.1, 0.15) is 25.8 Å². The number of rotatable bonds is 8. The van der Waals surface area contributed by atoms with E-state index in [9.17, 15) is 14.4 Å². The monoisotopic (exact) mass is 396 g/mol. The number of nitrogens with zero attached hydrogens (tertiary/aromatic N) is 1. The van der Waals surface area contributed by atoms with E-state index in [1.807, 2.05) is 56.3 Å². The Balaban J connectivity index is 1.78. The molecule has 2 rings (SSSR count).